The molecule has 0 radical (unpaired) electrons. The highest BCUT2D eigenvalue weighted by Gasteiger charge is 2.23. The van der Waals surface area contributed by atoms with Crippen LogP contribution in [0.4, 0.5) is 4.39 Å². The van der Waals surface area contributed by atoms with Crippen LogP contribution >= 0.6 is 15.9 Å². The average Bonchev–Trinajstić information content (AvgIpc) is 2.66. The fourth-order valence-electron chi connectivity index (χ4n) is 2.40. The summed E-state index contributed by atoms with van der Waals surface area (Å²) in [7, 11) is 0. The molecule has 5 heteroatoms. The van der Waals surface area contributed by atoms with Crippen LogP contribution in [-0.2, 0) is 13.0 Å². The molecule has 0 fully saturated rings. The second-order valence-corrected chi connectivity index (χ2v) is 5.30. The topological polar surface area (TPSA) is 43.8 Å². The fraction of sp³-hybridized carbons (Fsp3) is 0.308. The van der Waals surface area contributed by atoms with Gasteiger partial charge in [-0.05, 0) is 34.5 Å². The summed E-state index contributed by atoms with van der Waals surface area (Å²) in [4.78, 5) is 4.50. The maximum Gasteiger partial charge on any atom is 0.177 e. The van der Waals surface area contributed by atoms with Gasteiger partial charge in [-0.15, -0.1) is 0 Å². The summed E-state index contributed by atoms with van der Waals surface area (Å²) < 4.78 is 16.2. The van der Waals surface area contributed by atoms with Crippen molar-refractivity contribution in [1.29, 1.82) is 0 Å². The van der Waals surface area contributed by atoms with Crippen LogP contribution in [-0.4, -0.2) is 15.6 Å². The van der Waals surface area contributed by atoms with Gasteiger partial charge in [0.25, 0.3) is 0 Å². The summed E-state index contributed by atoms with van der Waals surface area (Å²) in [6, 6.07) is 6.68. The van der Waals surface area contributed by atoms with Gasteiger partial charge in [0.1, 0.15) is 5.82 Å². The van der Waals surface area contributed by atoms with E-state index >= 15 is 0 Å². The minimum atomic E-state index is -0.245. The Balaban J connectivity index is 2.13. The Morgan fingerprint density at radius 2 is 2.28 bits per heavy atom. The Bertz CT molecular complexity index is 594. The molecule has 18 heavy (non-hydrogen) atoms. The molecule has 1 aromatic heterocycles. The van der Waals surface area contributed by atoms with Gasteiger partial charge in [-0.25, -0.2) is 9.37 Å². The van der Waals surface area contributed by atoms with Gasteiger partial charge in [0.05, 0.1) is 5.69 Å². The zero-order chi connectivity index (χ0) is 12.7. The van der Waals surface area contributed by atoms with Gasteiger partial charge in [-0.3, -0.25) is 0 Å². The van der Waals surface area contributed by atoms with Crippen molar-refractivity contribution in [2.24, 2.45) is 5.73 Å². The Labute approximate surface area is 113 Å². The first-order chi connectivity index (χ1) is 8.65. The molecule has 2 N–H and O–H groups in total. The SMILES string of the molecule is NC1CCn2c(Br)nc(-c3cccc(F)c3)c2C1. The molecule has 94 valence electrons. The average molecular weight is 310 g/mol. The molecule has 1 aromatic carbocycles. The van der Waals surface area contributed by atoms with Gasteiger partial charge in [0.15, 0.2) is 4.73 Å². The van der Waals surface area contributed by atoms with Crippen LogP contribution in [0.25, 0.3) is 11.3 Å². The van der Waals surface area contributed by atoms with Crippen molar-refractivity contribution in [3.8, 4) is 11.3 Å². The zero-order valence-electron chi connectivity index (χ0n) is 9.74. The Kier molecular flexibility index (Phi) is 2.95. The van der Waals surface area contributed by atoms with Crippen LogP contribution in [0.1, 0.15) is 12.1 Å². The van der Waals surface area contributed by atoms with Crippen molar-refractivity contribution >= 4 is 15.9 Å². The molecule has 1 aliphatic heterocycles. The predicted molar refractivity (Wildman–Crippen MR) is 71.6 cm³/mol. The number of nitrogens with zero attached hydrogens (tertiary/aromatic N) is 2. The first-order valence-electron chi connectivity index (χ1n) is 5.91. The second-order valence-electron chi connectivity index (χ2n) is 4.59. The number of imidazole rings is 1. The van der Waals surface area contributed by atoms with E-state index in [0.717, 1.165) is 41.1 Å². The van der Waals surface area contributed by atoms with Crippen LogP contribution < -0.4 is 5.73 Å². The van der Waals surface area contributed by atoms with Crippen LogP contribution in [0.3, 0.4) is 0 Å². The van der Waals surface area contributed by atoms with E-state index in [9.17, 15) is 4.39 Å². The molecule has 0 saturated heterocycles. The fourth-order valence-corrected chi connectivity index (χ4v) is 2.97. The maximum absolute atomic E-state index is 13.3. The van der Waals surface area contributed by atoms with Crippen molar-refractivity contribution in [3.05, 3.63) is 40.5 Å². The Morgan fingerprint density at radius 3 is 3.06 bits per heavy atom. The molecule has 0 saturated carbocycles. The smallest absolute Gasteiger partial charge is 0.177 e. The minimum absolute atomic E-state index is 0.161. The lowest BCUT2D eigenvalue weighted by atomic mass is 10.0. The van der Waals surface area contributed by atoms with Crippen molar-refractivity contribution in [2.45, 2.75) is 25.4 Å². The number of fused-ring (bicyclic) bond motifs is 1. The number of aromatic nitrogens is 2. The molecule has 2 heterocycles. The third-order valence-electron chi connectivity index (χ3n) is 3.30. The lowest BCUT2D eigenvalue weighted by Crippen LogP contribution is -2.30. The van der Waals surface area contributed by atoms with E-state index in [1.807, 2.05) is 6.07 Å². The van der Waals surface area contributed by atoms with Crippen molar-refractivity contribution in [3.63, 3.8) is 0 Å². The lowest BCUT2D eigenvalue weighted by Gasteiger charge is -2.21. The number of hydrogen-bond donors (Lipinski definition) is 1. The lowest BCUT2D eigenvalue weighted by molar-refractivity contribution is 0.467. The minimum Gasteiger partial charge on any atom is -0.327 e. The summed E-state index contributed by atoms with van der Waals surface area (Å²) >= 11 is 3.46. The largest absolute Gasteiger partial charge is 0.327 e. The van der Waals surface area contributed by atoms with Gasteiger partial charge < -0.3 is 10.3 Å². The molecule has 0 amide bonds. The van der Waals surface area contributed by atoms with E-state index in [2.05, 4.69) is 25.5 Å². The second kappa shape index (κ2) is 4.48. The highest BCUT2D eigenvalue weighted by atomic mass is 79.9. The van der Waals surface area contributed by atoms with Crippen molar-refractivity contribution in [2.75, 3.05) is 0 Å². The number of nitrogens with two attached hydrogens (primary N) is 1. The van der Waals surface area contributed by atoms with Crippen LogP contribution in [0.15, 0.2) is 29.0 Å². The van der Waals surface area contributed by atoms with E-state index in [4.69, 9.17) is 5.73 Å². The van der Waals surface area contributed by atoms with Gasteiger partial charge >= 0.3 is 0 Å². The summed E-state index contributed by atoms with van der Waals surface area (Å²) in [5, 5.41) is 0. The Morgan fingerprint density at radius 1 is 1.44 bits per heavy atom. The van der Waals surface area contributed by atoms with Crippen molar-refractivity contribution in [1.82, 2.24) is 9.55 Å². The zero-order valence-corrected chi connectivity index (χ0v) is 11.3. The third kappa shape index (κ3) is 1.97. The molecule has 1 aliphatic rings. The number of halogens is 2. The molecule has 0 spiro atoms. The molecule has 0 aliphatic carbocycles. The van der Waals surface area contributed by atoms with Crippen molar-refractivity contribution < 1.29 is 4.39 Å². The summed E-state index contributed by atoms with van der Waals surface area (Å²) in [5.74, 6) is -0.245. The molecule has 2 aromatic rings. The molecule has 3 rings (SSSR count). The van der Waals surface area contributed by atoms with Crippen LogP contribution in [0.2, 0.25) is 0 Å². The first-order valence-corrected chi connectivity index (χ1v) is 6.71. The number of hydrogen-bond acceptors (Lipinski definition) is 2. The normalized spacial score (nSPS) is 18.7. The Hall–Kier alpha value is -1.20. The first kappa shape index (κ1) is 11.9. The number of rotatable bonds is 1. The highest BCUT2D eigenvalue weighted by Crippen LogP contribution is 2.30. The third-order valence-corrected chi connectivity index (χ3v) is 3.91. The quantitative estimate of drug-likeness (QED) is 0.880. The standard InChI is InChI=1S/C13H13BrFN3/c14-13-17-12(8-2-1-3-9(15)6-8)11-7-10(16)4-5-18(11)13/h1-3,6,10H,4-5,7,16H2. The van der Waals surface area contributed by atoms with E-state index in [1.54, 1.807) is 6.07 Å². The van der Waals surface area contributed by atoms with Gasteiger partial charge in [-0.1, -0.05) is 12.1 Å². The monoisotopic (exact) mass is 309 g/mol. The molecule has 3 nitrogen and oxygen atoms in total. The highest BCUT2D eigenvalue weighted by molar-refractivity contribution is 9.10. The van der Waals surface area contributed by atoms with Gasteiger partial charge in [0.2, 0.25) is 0 Å². The molecule has 1 unspecified atom stereocenters. The molecular formula is C13H13BrFN3. The van der Waals surface area contributed by atoms with E-state index in [-0.39, 0.29) is 11.9 Å². The van der Waals surface area contributed by atoms with Gasteiger partial charge in [-0.2, -0.15) is 0 Å². The molecule has 1 atom stereocenters. The summed E-state index contributed by atoms with van der Waals surface area (Å²) in [5.41, 5.74) is 8.73. The van der Waals surface area contributed by atoms with Crippen LogP contribution in [0, 0.1) is 5.82 Å². The summed E-state index contributed by atoms with van der Waals surface area (Å²) in [6.45, 7) is 0.861. The number of benzene rings is 1. The van der Waals surface area contributed by atoms with E-state index in [1.165, 1.54) is 12.1 Å². The van der Waals surface area contributed by atoms with Gasteiger partial charge in [0, 0.05) is 30.3 Å². The van der Waals surface area contributed by atoms with E-state index < -0.39 is 0 Å². The summed E-state index contributed by atoms with van der Waals surface area (Å²) in [6.07, 6.45) is 1.73. The van der Waals surface area contributed by atoms with E-state index in [0.29, 0.717) is 0 Å². The van der Waals surface area contributed by atoms with Crippen LogP contribution in [0.5, 0.6) is 0 Å². The predicted octanol–water partition coefficient (Wildman–Crippen LogP) is 2.73. The molecular weight excluding hydrogens is 297 g/mol. The molecule has 0 bridgehead atoms. The maximum atomic E-state index is 13.3.